The van der Waals surface area contributed by atoms with Gasteiger partial charge in [-0.3, -0.25) is 0 Å². The van der Waals surface area contributed by atoms with E-state index in [4.69, 9.17) is 17.3 Å². The SMILES string of the molecule is CCC1(n2nnnc2-c2c(N)cccc2Cl)CCC1. The van der Waals surface area contributed by atoms with Gasteiger partial charge in [0, 0.05) is 5.69 Å². The molecule has 0 aliphatic heterocycles. The van der Waals surface area contributed by atoms with Gasteiger partial charge in [0.05, 0.1) is 16.1 Å². The van der Waals surface area contributed by atoms with Crippen LogP contribution < -0.4 is 5.73 Å². The fraction of sp³-hybridized carbons (Fsp3) is 0.462. The number of benzene rings is 1. The van der Waals surface area contributed by atoms with Crippen molar-refractivity contribution < 1.29 is 0 Å². The summed E-state index contributed by atoms with van der Waals surface area (Å²) >= 11 is 6.26. The molecule has 2 aromatic rings. The van der Waals surface area contributed by atoms with E-state index in [2.05, 4.69) is 22.4 Å². The van der Waals surface area contributed by atoms with Crippen molar-refractivity contribution in [3.05, 3.63) is 23.2 Å². The topological polar surface area (TPSA) is 69.6 Å². The minimum atomic E-state index is 0.0322. The lowest BCUT2D eigenvalue weighted by Crippen LogP contribution is -2.41. The van der Waals surface area contributed by atoms with Crippen molar-refractivity contribution in [2.75, 3.05) is 5.73 Å². The molecule has 2 N–H and O–H groups in total. The van der Waals surface area contributed by atoms with Crippen LogP contribution in [0.4, 0.5) is 5.69 Å². The minimum Gasteiger partial charge on any atom is -0.398 e. The average molecular weight is 278 g/mol. The smallest absolute Gasteiger partial charge is 0.186 e. The second kappa shape index (κ2) is 4.49. The van der Waals surface area contributed by atoms with E-state index in [-0.39, 0.29) is 5.54 Å². The van der Waals surface area contributed by atoms with Crippen LogP contribution in [0.3, 0.4) is 0 Å². The Labute approximate surface area is 116 Å². The van der Waals surface area contributed by atoms with E-state index in [1.807, 2.05) is 22.9 Å². The summed E-state index contributed by atoms with van der Waals surface area (Å²) < 4.78 is 1.91. The van der Waals surface area contributed by atoms with Crippen LogP contribution in [0, 0.1) is 0 Å². The van der Waals surface area contributed by atoms with Crippen LogP contribution in [-0.4, -0.2) is 20.2 Å². The lowest BCUT2D eigenvalue weighted by Gasteiger charge is -2.41. The quantitative estimate of drug-likeness (QED) is 0.876. The number of halogens is 1. The maximum Gasteiger partial charge on any atom is 0.186 e. The highest BCUT2D eigenvalue weighted by molar-refractivity contribution is 6.33. The molecule has 1 saturated carbocycles. The number of anilines is 1. The number of hydrogen-bond donors (Lipinski definition) is 1. The van der Waals surface area contributed by atoms with Crippen molar-refractivity contribution in [2.45, 2.75) is 38.1 Å². The largest absolute Gasteiger partial charge is 0.398 e. The first-order valence-electron chi connectivity index (χ1n) is 6.51. The molecule has 3 rings (SSSR count). The van der Waals surface area contributed by atoms with Crippen LogP contribution >= 0.6 is 11.6 Å². The van der Waals surface area contributed by atoms with Crippen LogP contribution in [0.5, 0.6) is 0 Å². The number of aromatic nitrogens is 4. The van der Waals surface area contributed by atoms with Crippen LogP contribution in [0.15, 0.2) is 18.2 Å². The Hall–Kier alpha value is -1.62. The van der Waals surface area contributed by atoms with E-state index < -0.39 is 0 Å². The molecule has 1 aliphatic carbocycles. The van der Waals surface area contributed by atoms with Gasteiger partial charge >= 0.3 is 0 Å². The van der Waals surface area contributed by atoms with Gasteiger partial charge in [-0.2, -0.15) is 0 Å². The molecule has 19 heavy (non-hydrogen) atoms. The zero-order valence-electron chi connectivity index (χ0n) is 10.8. The molecule has 1 aliphatic rings. The predicted molar refractivity (Wildman–Crippen MR) is 74.8 cm³/mol. The third-order valence-corrected chi connectivity index (χ3v) is 4.45. The Morgan fingerprint density at radius 1 is 1.42 bits per heavy atom. The lowest BCUT2D eigenvalue weighted by molar-refractivity contribution is 0.118. The third-order valence-electron chi connectivity index (χ3n) is 4.13. The van der Waals surface area contributed by atoms with E-state index in [1.165, 1.54) is 6.42 Å². The van der Waals surface area contributed by atoms with Crippen molar-refractivity contribution in [1.82, 2.24) is 20.2 Å². The first-order valence-corrected chi connectivity index (χ1v) is 6.89. The van der Waals surface area contributed by atoms with Gasteiger partial charge in [-0.25, -0.2) is 4.68 Å². The van der Waals surface area contributed by atoms with Gasteiger partial charge in [0.2, 0.25) is 0 Å². The summed E-state index contributed by atoms with van der Waals surface area (Å²) in [5, 5.41) is 12.7. The maximum atomic E-state index is 6.26. The summed E-state index contributed by atoms with van der Waals surface area (Å²) in [6.07, 6.45) is 4.43. The zero-order valence-corrected chi connectivity index (χ0v) is 11.6. The van der Waals surface area contributed by atoms with Crippen molar-refractivity contribution in [1.29, 1.82) is 0 Å². The molecule has 0 amide bonds. The van der Waals surface area contributed by atoms with Gasteiger partial charge in [0.1, 0.15) is 0 Å². The number of hydrogen-bond acceptors (Lipinski definition) is 4. The molecule has 1 aromatic carbocycles. The van der Waals surface area contributed by atoms with Crippen LogP contribution in [-0.2, 0) is 5.54 Å². The standard InChI is InChI=1S/C13H16ClN5/c1-2-13(7-4-8-13)19-12(16-17-18-19)11-9(14)5-3-6-10(11)15/h3,5-6H,2,4,7-8,15H2,1H3. The molecular formula is C13H16ClN5. The minimum absolute atomic E-state index is 0.0322. The zero-order chi connectivity index (χ0) is 13.5. The van der Waals surface area contributed by atoms with Crippen LogP contribution in [0.2, 0.25) is 5.02 Å². The van der Waals surface area contributed by atoms with E-state index in [9.17, 15) is 0 Å². The van der Waals surface area contributed by atoms with Crippen LogP contribution in [0.1, 0.15) is 32.6 Å². The average Bonchev–Trinajstić information content (AvgIpc) is 2.78. The molecule has 0 atom stereocenters. The summed E-state index contributed by atoms with van der Waals surface area (Å²) in [6, 6.07) is 5.46. The molecular weight excluding hydrogens is 262 g/mol. The Kier molecular flexibility index (Phi) is 2.93. The van der Waals surface area contributed by atoms with Crippen molar-refractivity contribution in [3.63, 3.8) is 0 Å². The molecule has 0 radical (unpaired) electrons. The lowest BCUT2D eigenvalue weighted by atomic mass is 9.75. The highest BCUT2D eigenvalue weighted by atomic mass is 35.5. The Bertz CT molecular complexity index is 577. The second-order valence-corrected chi connectivity index (χ2v) is 5.46. The Balaban J connectivity index is 2.15. The predicted octanol–water partition coefficient (Wildman–Crippen LogP) is 2.86. The number of rotatable bonds is 3. The van der Waals surface area contributed by atoms with Crippen molar-refractivity contribution >= 4 is 17.3 Å². The van der Waals surface area contributed by atoms with E-state index in [1.54, 1.807) is 0 Å². The van der Waals surface area contributed by atoms with Gasteiger partial charge < -0.3 is 5.73 Å². The summed E-state index contributed by atoms with van der Waals surface area (Å²) in [4.78, 5) is 0. The Morgan fingerprint density at radius 2 is 2.21 bits per heavy atom. The highest BCUT2D eigenvalue weighted by Crippen LogP contribution is 2.44. The fourth-order valence-electron chi connectivity index (χ4n) is 2.74. The molecule has 0 bridgehead atoms. The highest BCUT2D eigenvalue weighted by Gasteiger charge is 2.40. The van der Waals surface area contributed by atoms with E-state index in [0.717, 1.165) is 24.8 Å². The third kappa shape index (κ3) is 1.80. The molecule has 100 valence electrons. The number of nitrogens with zero attached hydrogens (tertiary/aromatic N) is 4. The van der Waals surface area contributed by atoms with Gasteiger partial charge in [0.15, 0.2) is 5.82 Å². The molecule has 1 fully saturated rings. The Morgan fingerprint density at radius 3 is 2.79 bits per heavy atom. The molecule has 0 unspecified atom stereocenters. The molecule has 0 saturated heterocycles. The first-order chi connectivity index (χ1) is 9.18. The number of nitrogens with two attached hydrogens (primary N) is 1. The first kappa shape index (κ1) is 12.4. The van der Waals surface area contributed by atoms with Gasteiger partial charge in [-0.05, 0) is 48.2 Å². The summed E-state index contributed by atoms with van der Waals surface area (Å²) in [5.41, 5.74) is 7.40. The van der Waals surface area contributed by atoms with Gasteiger partial charge in [-0.1, -0.05) is 24.6 Å². The molecule has 1 aromatic heterocycles. The summed E-state index contributed by atoms with van der Waals surface area (Å²) in [5.74, 6) is 0.671. The molecule has 1 heterocycles. The van der Waals surface area contributed by atoms with Gasteiger partial charge in [0.25, 0.3) is 0 Å². The molecule has 5 nitrogen and oxygen atoms in total. The summed E-state index contributed by atoms with van der Waals surface area (Å²) in [6.45, 7) is 2.17. The number of nitrogen functional groups attached to an aromatic ring is 1. The maximum absolute atomic E-state index is 6.26. The van der Waals surface area contributed by atoms with Crippen molar-refractivity contribution in [3.8, 4) is 11.4 Å². The molecule has 0 spiro atoms. The molecule has 6 heteroatoms. The van der Waals surface area contributed by atoms with Crippen molar-refractivity contribution in [2.24, 2.45) is 0 Å². The summed E-state index contributed by atoms with van der Waals surface area (Å²) in [7, 11) is 0. The normalized spacial score (nSPS) is 17.2. The van der Waals surface area contributed by atoms with Gasteiger partial charge in [-0.15, -0.1) is 5.10 Å². The monoisotopic (exact) mass is 277 g/mol. The van der Waals surface area contributed by atoms with Crippen LogP contribution in [0.25, 0.3) is 11.4 Å². The fourth-order valence-corrected chi connectivity index (χ4v) is 3.01. The second-order valence-electron chi connectivity index (χ2n) is 5.05. The number of tetrazole rings is 1. The van der Waals surface area contributed by atoms with E-state index in [0.29, 0.717) is 16.5 Å². The van der Waals surface area contributed by atoms with E-state index >= 15 is 0 Å².